The number of esters is 4. The van der Waals surface area contributed by atoms with Crippen molar-refractivity contribution in [2.24, 2.45) is 35.5 Å². The molecule has 2 amide bonds. The number of hydrogen-bond acceptors (Lipinski definition) is 8. The van der Waals surface area contributed by atoms with Crippen LogP contribution in [0.5, 0.6) is 0 Å². The first-order valence-electron chi connectivity index (χ1n) is 11.5. The molecule has 4 aliphatic rings. The van der Waals surface area contributed by atoms with Crippen molar-refractivity contribution in [1.82, 2.24) is 0 Å². The molecule has 1 aromatic carbocycles. The summed E-state index contributed by atoms with van der Waals surface area (Å²) in [5.74, 6) is -5.25. The molecule has 2 aliphatic heterocycles. The summed E-state index contributed by atoms with van der Waals surface area (Å²) in [7, 11) is 0. The lowest BCUT2D eigenvalue weighted by Crippen LogP contribution is -2.34. The Bertz CT molecular complexity index is 996. The van der Waals surface area contributed by atoms with Crippen LogP contribution < -0.4 is 10.6 Å². The van der Waals surface area contributed by atoms with Crippen LogP contribution >= 0.6 is 0 Å². The van der Waals surface area contributed by atoms with E-state index in [2.05, 4.69) is 10.6 Å². The Hall–Kier alpha value is -3.56. The molecule has 5 unspecified atom stereocenters. The van der Waals surface area contributed by atoms with Crippen LogP contribution in [0.1, 0.15) is 38.5 Å². The van der Waals surface area contributed by atoms with Gasteiger partial charge in [-0.15, -0.1) is 0 Å². The third-order valence-electron chi connectivity index (χ3n) is 7.48. The molecule has 10 heteroatoms. The molecule has 2 N–H and O–H groups in total. The average Bonchev–Trinajstić information content (AvgIpc) is 3.28. The Kier molecular flexibility index (Phi) is 5.66. The second-order valence-corrected chi connectivity index (χ2v) is 9.48. The van der Waals surface area contributed by atoms with Crippen molar-refractivity contribution >= 4 is 47.1 Å². The van der Waals surface area contributed by atoms with Gasteiger partial charge in [-0.1, -0.05) is 0 Å². The smallest absolute Gasteiger partial charge is 0.317 e. The van der Waals surface area contributed by atoms with Crippen molar-refractivity contribution in [2.75, 3.05) is 10.6 Å². The van der Waals surface area contributed by atoms with Crippen molar-refractivity contribution in [3.05, 3.63) is 24.3 Å². The zero-order valence-electron chi connectivity index (χ0n) is 18.3. The largest absolute Gasteiger partial charge is 0.393 e. The number of carbonyl (C=O) groups excluding carboxylic acids is 6. The van der Waals surface area contributed by atoms with Gasteiger partial charge in [0, 0.05) is 23.2 Å². The van der Waals surface area contributed by atoms with Gasteiger partial charge < -0.3 is 20.1 Å². The van der Waals surface area contributed by atoms with Crippen molar-refractivity contribution in [3.63, 3.8) is 0 Å². The second-order valence-electron chi connectivity index (χ2n) is 9.48. The quantitative estimate of drug-likeness (QED) is 0.503. The molecule has 2 heterocycles. The molecule has 0 bridgehead atoms. The van der Waals surface area contributed by atoms with Crippen LogP contribution in [0.15, 0.2) is 24.3 Å². The lowest BCUT2D eigenvalue weighted by atomic mass is 9.75. The summed E-state index contributed by atoms with van der Waals surface area (Å²) in [6.07, 6.45) is 2.49. The minimum absolute atomic E-state index is 0.225. The molecule has 0 spiro atoms. The molecule has 2 saturated carbocycles. The molecule has 2 aliphatic carbocycles. The Morgan fingerprint density at radius 2 is 0.941 bits per heavy atom. The first kappa shape index (κ1) is 22.2. The van der Waals surface area contributed by atoms with E-state index in [0.29, 0.717) is 37.1 Å². The number of benzene rings is 1. The molecule has 2 saturated heterocycles. The predicted molar refractivity (Wildman–Crippen MR) is 115 cm³/mol. The summed E-state index contributed by atoms with van der Waals surface area (Å²) in [4.78, 5) is 72.3. The van der Waals surface area contributed by atoms with Gasteiger partial charge in [-0.2, -0.15) is 0 Å². The maximum absolute atomic E-state index is 12.7. The van der Waals surface area contributed by atoms with Gasteiger partial charge in [0.1, 0.15) is 0 Å². The zero-order valence-corrected chi connectivity index (χ0v) is 18.3. The summed E-state index contributed by atoms with van der Waals surface area (Å²) in [6.45, 7) is 0. The summed E-state index contributed by atoms with van der Waals surface area (Å²) in [6, 6.07) is 6.65. The predicted octanol–water partition coefficient (Wildman–Crippen LogP) is 1.80. The molecule has 1 aromatic rings. The fourth-order valence-corrected chi connectivity index (χ4v) is 5.53. The zero-order chi connectivity index (χ0) is 24.0. The fourth-order valence-electron chi connectivity index (χ4n) is 5.53. The molecule has 4 fully saturated rings. The first-order chi connectivity index (χ1) is 16.3. The van der Waals surface area contributed by atoms with Crippen LogP contribution in [0.4, 0.5) is 11.4 Å². The van der Waals surface area contributed by atoms with Crippen LogP contribution in [0.25, 0.3) is 0 Å². The van der Waals surface area contributed by atoms with E-state index in [0.717, 1.165) is 0 Å². The monoisotopic (exact) mass is 468 g/mol. The number of anilines is 2. The first-order valence-corrected chi connectivity index (χ1v) is 11.5. The third-order valence-corrected chi connectivity index (χ3v) is 7.48. The highest BCUT2D eigenvalue weighted by molar-refractivity contribution is 5.99. The number of nitrogens with one attached hydrogen (secondary N) is 2. The highest BCUT2D eigenvalue weighted by atomic mass is 16.6. The molecule has 5 rings (SSSR count). The molecular formula is C24H24N2O8. The van der Waals surface area contributed by atoms with E-state index in [4.69, 9.17) is 9.47 Å². The van der Waals surface area contributed by atoms with E-state index in [1.165, 1.54) is 0 Å². The number of amides is 2. The lowest BCUT2D eigenvalue weighted by molar-refractivity contribution is -0.155. The van der Waals surface area contributed by atoms with Crippen LogP contribution in [0, 0.1) is 35.5 Å². The fraction of sp³-hybridized carbons (Fsp3) is 0.500. The minimum Gasteiger partial charge on any atom is -0.393 e. The minimum atomic E-state index is -0.547. The number of fused-ring (bicyclic) bond motifs is 2. The van der Waals surface area contributed by atoms with E-state index in [9.17, 15) is 28.8 Å². The summed E-state index contributed by atoms with van der Waals surface area (Å²) < 4.78 is 9.38. The molecule has 34 heavy (non-hydrogen) atoms. The van der Waals surface area contributed by atoms with Gasteiger partial charge in [0.05, 0.1) is 23.7 Å². The average molecular weight is 468 g/mol. The standard InChI is InChI=1S/C24H24N2O8/c27-19(11-1-7-15-17(9-11)23(31)33-21(15)29)25-13-3-5-14(6-4-13)26-20(28)12-2-8-16-18(10-12)24(32)34-22(16)30/h3-6,11-12,15-18H,1-2,7-10H2,(H,25,27)(H,26,28)/t11-,12?,15?,16?,17?,18?/m0/s1. The van der Waals surface area contributed by atoms with Crippen LogP contribution in [-0.2, 0) is 38.2 Å². The Balaban J connectivity index is 1.14. The summed E-state index contributed by atoms with van der Waals surface area (Å²) in [5.41, 5.74) is 1.09. The Labute approximate surface area is 194 Å². The Morgan fingerprint density at radius 3 is 1.32 bits per heavy atom. The van der Waals surface area contributed by atoms with Gasteiger partial charge in [0.15, 0.2) is 0 Å². The van der Waals surface area contributed by atoms with Gasteiger partial charge in [-0.25, -0.2) is 0 Å². The van der Waals surface area contributed by atoms with Gasteiger partial charge >= 0.3 is 23.9 Å². The number of cyclic esters (lactones) is 4. The molecular weight excluding hydrogens is 444 g/mol. The van der Waals surface area contributed by atoms with E-state index in [1.807, 2.05) is 0 Å². The van der Waals surface area contributed by atoms with Crippen molar-refractivity contribution in [3.8, 4) is 0 Å². The topological polar surface area (TPSA) is 145 Å². The Morgan fingerprint density at radius 1 is 0.588 bits per heavy atom. The number of rotatable bonds is 4. The van der Waals surface area contributed by atoms with Crippen LogP contribution in [-0.4, -0.2) is 35.7 Å². The third kappa shape index (κ3) is 4.08. The number of hydrogen-bond donors (Lipinski definition) is 2. The van der Waals surface area contributed by atoms with Crippen LogP contribution in [0.3, 0.4) is 0 Å². The van der Waals surface area contributed by atoms with Crippen molar-refractivity contribution < 1.29 is 38.2 Å². The number of carbonyl (C=O) groups is 6. The summed E-state index contributed by atoms with van der Waals surface area (Å²) >= 11 is 0. The van der Waals surface area contributed by atoms with Crippen LogP contribution in [0.2, 0.25) is 0 Å². The highest BCUT2D eigenvalue weighted by Gasteiger charge is 2.49. The SMILES string of the molecule is O=C(Nc1ccc(NC(=O)[C@H]2CCC3C(=O)OC(=O)C3C2)cc1)C1CCC2C(=O)OC(=O)C2C1. The molecule has 6 atom stereocenters. The van der Waals surface area contributed by atoms with Crippen molar-refractivity contribution in [2.45, 2.75) is 38.5 Å². The van der Waals surface area contributed by atoms with E-state index >= 15 is 0 Å². The van der Waals surface area contributed by atoms with Crippen molar-refractivity contribution in [1.29, 1.82) is 0 Å². The maximum atomic E-state index is 12.7. The molecule has 0 aromatic heterocycles. The van der Waals surface area contributed by atoms with E-state index in [-0.39, 0.29) is 36.5 Å². The molecule has 178 valence electrons. The highest BCUT2D eigenvalue weighted by Crippen LogP contribution is 2.41. The lowest BCUT2D eigenvalue weighted by Gasteiger charge is -2.27. The van der Waals surface area contributed by atoms with Gasteiger partial charge in [0.2, 0.25) is 11.8 Å². The van der Waals surface area contributed by atoms with E-state index in [1.54, 1.807) is 24.3 Å². The molecule has 0 radical (unpaired) electrons. The summed E-state index contributed by atoms with van der Waals surface area (Å²) in [5, 5.41) is 5.65. The van der Waals surface area contributed by atoms with Gasteiger partial charge in [-0.3, -0.25) is 28.8 Å². The molecule has 10 nitrogen and oxygen atoms in total. The normalized spacial score (nSPS) is 32.4. The van der Waals surface area contributed by atoms with Gasteiger partial charge in [0.25, 0.3) is 0 Å². The van der Waals surface area contributed by atoms with Gasteiger partial charge in [-0.05, 0) is 62.8 Å². The second kappa shape index (κ2) is 8.66. The maximum Gasteiger partial charge on any atom is 0.317 e. The van der Waals surface area contributed by atoms with E-state index < -0.39 is 47.5 Å². The number of ether oxygens (including phenoxy) is 2.